The van der Waals surface area contributed by atoms with Gasteiger partial charge in [-0.1, -0.05) is 91.0 Å². The Morgan fingerprint density at radius 3 is 2.11 bits per heavy atom. The van der Waals surface area contributed by atoms with Gasteiger partial charge in [0, 0.05) is 28.8 Å². The summed E-state index contributed by atoms with van der Waals surface area (Å²) in [6, 6.07) is 42.3. The van der Waals surface area contributed by atoms with Gasteiger partial charge in [-0.15, -0.1) is 0 Å². The molecule has 0 radical (unpaired) electrons. The molecule has 0 unspecified atom stereocenters. The van der Waals surface area contributed by atoms with Crippen LogP contribution in [-0.4, -0.2) is 19.5 Å². The second-order valence-electron chi connectivity index (χ2n) is 8.94. The molecule has 5 nitrogen and oxygen atoms in total. The molecule has 0 aliphatic carbocycles. The van der Waals surface area contributed by atoms with Crippen molar-refractivity contribution in [2.24, 2.45) is 0 Å². The van der Waals surface area contributed by atoms with E-state index >= 15 is 0 Å². The zero-order chi connectivity index (χ0) is 25.3. The molecule has 5 heteroatoms. The van der Waals surface area contributed by atoms with Gasteiger partial charge in [-0.25, -0.2) is 4.98 Å². The van der Waals surface area contributed by atoms with E-state index in [9.17, 15) is 0 Å². The maximum absolute atomic E-state index is 6.56. The lowest BCUT2D eigenvalue weighted by atomic mass is 10.1. The summed E-state index contributed by atoms with van der Waals surface area (Å²) in [4.78, 5) is 14.4. The standard InChI is InChI=1S/C33H22N4O/c1-3-12-23(13-4-1)26-22-31(36-33(35-26)24-14-5-2-6-15-24)38-30-20-10-9-18-28(30)37-27-17-8-7-16-25(27)32-29(37)19-11-21-34-32/h1-22H. The molecule has 4 aromatic carbocycles. The van der Waals surface area contributed by atoms with Gasteiger partial charge in [-0.3, -0.25) is 4.98 Å². The van der Waals surface area contributed by atoms with Crippen LogP contribution in [0.1, 0.15) is 0 Å². The molecule has 0 N–H and O–H groups in total. The number of hydrogen-bond donors (Lipinski definition) is 0. The molecular weight excluding hydrogens is 468 g/mol. The second kappa shape index (κ2) is 9.30. The van der Waals surface area contributed by atoms with Crippen LogP contribution >= 0.6 is 0 Å². The average molecular weight is 491 g/mol. The molecule has 0 aliphatic rings. The largest absolute Gasteiger partial charge is 0.437 e. The lowest BCUT2D eigenvalue weighted by Gasteiger charge is -2.15. The smallest absolute Gasteiger partial charge is 0.223 e. The van der Waals surface area contributed by atoms with Crippen molar-refractivity contribution < 1.29 is 4.74 Å². The SMILES string of the molecule is c1ccc(-c2cc(Oc3ccccc3-n3c4ccccc4c4ncccc43)nc(-c3ccccc3)n2)cc1. The van der Waals surface area contributed by atoms with Gasteiger partial charge in [-0.05, 0) is 30.3 Å². The van der Waals surface area contributed by atoms with E-state index in [2.05, 4.69) is 33.8 Å². The summed E-state index contributed by atoms with van der Waals surface area (Å²) in [7, 11) is 0. The Hall–Kier alpha value is -5.29. The highest BCUT2D eigenvalue weighted by atomic mass is 16.5. The summed E-state index contributed by atoms with van der Waals surface area (Å²) in [5.74, 6) is 1.78. The third-order valence-corrected chi connectivity index (χ3v) is 6.55. The van der Waals surface area contributed by atoms with Gasteiger partial charge < -0.3 is 9.30 Å². The first-order chi connectivity index (χ1) is 18.8. The van der Waals surface area contributed by atoms with Crippen LogP contribution in [0.4, 0.5) is 0 Å². The lowest BCUT2D eigenvalue weighted by Crippen LogP contribution is -2.00. The van der Waals surface area contributed by atoms with E-state index in [1.807, 2.05) is 109 Å². The van der Waals surface area contributed by atoms with Crippen molar-refractivity contribution in [2.45, 2.75) is 0 Å². The highest BCUT2D eigenvalue weighted by Crippen LogP contribution is 2.36. The van der Waals surface area contributed by atoms with Gasteiger partial charge >= 0.3 is 0 Å². The predicted molar refractivity (Wildman–Crippen MR) is 152 cm³/mol. The maximum Gasteiger partial charge on any atom is 0.223 e. The van der Waals surface area contributed by atoms with E-state index in [4.69, 9.17) is 14.7 Å². The Balaban J connectivity index is 1.40. The minimum Gasteiger partial charge on any atom is -0.437 e. The minimum atomic E-state index is 0.476. The molecule has 3 heterocycles. The molecule has 0 amide bonds. The molecule has 38 heavy (non-hydrogen) atoms. The van der Waals surface area contributed by atoms with Crippen molar-refractivity contribution >= 4 is 21.9 Å². The first-order valence-corrected chi connectivity index (χ1v) is 12.5. The van der Waals surface area contributed by atoms with Crippen molar-refractivity contribution in [1.82, 2.24) is 19.5 Å². The average Bonchev–Trinajstić information content (AvgIpc) is 3.33. The number of aromatic nitrogens is 4. The van der Waals surface area contributed by atoms with Crippen molar-refractivity contribution in [2.75, 3.05) is 0 Å². The number of pyridine rings is 1. The van der Waals surface area contributed by atoms with Crippen LogP contribution in [0.2, 0.25) is 0 Å². The third kappa shape index (κ3) is 3.87. The number of rotatable bonds is 5. The quantitative estimate of drug-likeness (QED) is 0.245. The Morgan fingerprint density at radius 2 is 1.26 bits per heavy atom. The van der Waals surface area contributed by atoms with Crippen LogP contribution in [-0.2, 0) is 0 Å². The van der Waals surface area contributed by atoms with E-state index < -0.39 is 0 Å². The molecular formula is C33H22N4O. The van der Waals surface area contributed by atoms with Crippen molar-refractivity contribution in [1.29, 1.82) is 0 Å². The second-order valence-corrected chi connectivity index (χ2v) is 8.94. The van der Waals surface area contributed by atoms with Crippen molar-refractivity contribution in [3.63, 3.8) is 0 Å². The van der Waals surface area contributed by atoms with Crippen LogP contribution in [0.15, 0.2) is 134 Å². The van der Waals surface area contributed by atoms with Gasteiger partial charge in [0.1, 0.15) is 0 Å². The van der Waals surface area contributed by atoms with E-state index in [1.165, 1.54) is 0 Å². The first kappa shape index (κ1) is 21.9. The molecule has 0 bridgehead atoms. The Bertz CT molecular complexity index is 1780. The fraction of sp³-hybridized carbons (Fsp3) is 0. The predicted octanol–water partition coefficient (Wildman–Crippen LogP) is 8.10. The first-order valence-electron chi connectivity index (χ1n) is 12.5. The van der Waals surface area contributed by atoms with Crippen molar-refractivity contribution in [3.05, 3.63) is 134 Å². The van der Waals surface area contributed by atoms with Gasteiger partial charge in [0.15, 0.2) is 11.6 Å². The topological polar surface area (TPSA) is 52.8 Å². The minimum absolute atomic E-state index is 0.476. The molecule has 0 saturated carbocycles. The number of benzene rings is 4. The summed E-state index contributed by atoms with van der Waals surface area (Å²) in [6.07, 6.45) is 1.83. The van der Waals surface area contributed by atoms with Gasteiger partial charge in [0.05, 0.1) is 27.9 Å². The number of fused-ring (bicyclic) bond motifs is 3. The summed E-state index contributed by atoms with van der Waals surface area (Å²) in [6.45, 7) is 0. The Labute approximate surface area is 219 Å². The molecule has 0 saturated heterocycles. The normalized spacial score (nSPS) is 11.2. The zero-order valence-corrected chi connectivity index (χ0v) is 20.4. The maximum atomic E-state index is 6.56. The highest BCUT2D eigenvalue weighted by molar-refractivity contribution is 6.07. The Morgan fingerprint density at radius 1 is 0.579 bits per heavy atom. The fourth-order valence-corrected chi connectivity index (χ4v) is 4.83. The molecule has 7 rings (SSSR count). The number of para-hydroxylation sites is 3. The lowest BCUT2D eigenvalue weighted by molar-refractivity contribution is 0.461. The van der Waals surface area contributed by atoms with E-state index in [0.29, 0.717) is 17.5 Å². The summed E-state index contributed by atoms with van der Waals surface area (Å²) >= 11 is 0. The van der Waals surface area contributed by atoms with E-state index in [-0.39, 0.29) is 0 Å². The summed E-state index contributed by atoms with van der Waals surface area (Å²) < 4.78 is 8.76. The zero-order valence-electron chi connectivity index (χ0n) is 20.4. The van der Waals surface area contributed by atoms with Gasteiger partial charge in [0.25, 0.3) is 0 Å². The van der Waals surface area contributed by atoms with Crippen LogP contribution in [0.3, 0.4) is 0 Å². The van der Waals surface area contributed by atoms with Gasteiger partial charge in [0.2, 0.25) is 5.88 Å². The fourth-order valence-electron chi connectivity index (χ4n) is 4.83. The monoisotopic (exact) mass is 490 g/mol. The van der Waals surface area contributed by atoms with Crippen LogP contribution in [0.25, 0.3) is 50.3 Å². The molecule has 0 aliphatic heterocycles. The van der Waals surface area contributed by atoms with E-state index in [0.717, 1.165) is 44.4 Å². The molecule has 0 atom stereocenters. The number of hydrogen-bond acceptors (Lipinski definition) is 4. The number of nitrogens with zero attached hydrogens (tertiary/aromatic N) is 4. The molecule has 3 aromatic heterocycles. The summed E-state index contributed by atoms with van der Waals surface area (Å²) in [5, 5.41) is 1.10. The van der Waals surface area contributed by atoms with Crippen LogP contribution < -0.4 is 4.74 Å². The van der Waals surface area contributed by atoms with Gasteiger partial charge in [-0.2, -0.15) is 4.98 Å². The number of ether oxygens (including phenoxy) is 1. The van der Waals surface area contributed by atoms with E-state index in [1.54, 1.807) is 0 Å². The third-order valence-electron chi connectivity index (χ3n) is 6.55. The van der Waals surface area contributed by atoms with Crippen LogP contribution in [0, 0.1) is 0 Å². The molecule has 0 spiro atoms. The van der Waals surface area contributed by atoms with Crippen LogP contribution in [0.5, 0.6) is 11.6 Å². The highest BCUT2D eigenvalue weighted by Gasteiger charge is 2.17. The molecule has 7 aromatic rings. The summed E-state index contributed by atoms with van der Waals surface area (Å²) in [5.41, 5.74) is 6.67. The Kier molecular flexibility index (Phi) is 5.37. The van der Waals surface area contributed by atoms with Crippen molar-refractivity contribution in [3.8, 4) is 40.0 Å². The molecule has 0 fully saturated rings. The molecule has 180 valence electrons.